The van der Waals surface area contributed by atoms with E-state index in [9.17, 15) is 5.26 Å². The lowest BCUT2D eigenvalue weighted by Gasteiger charge is -2.34. The first-order valence-corrected chi connectivity index (χ1v) is 6.93. The van der Waals surface area contributed by atoms with E-state index < -0.39 is 5.54 Å². The lowest BCUT2D eigenvalue weighted by molar-refractivity contribution is 0.0293. The highest BCUT2D eigenvalue weighted by atomic mass is 16.5. The highest BCUT2D eigenvalue weighted by Crippen LogP contribution is 2.16. The van der Waals surface area contributed by atoms with Crippen LogP contribution in [0.25, 0.3) is 0 Å². The molecule has 4 heteroatoms. The molecule has 1 aliphatic rings. The highest BCUT2D eigenvalue weighted by molar-refractivity contribution is 5.04. The summed E-state index contributed by atoms with van der Waals surface area (Å²) in [6.45, 7) is 9.24. The summed E-state index contributed by atoms with van der Waals surface area (Å²) in [6.07, 6.45) is 3.58. The number of methoxy groups -OCH3 is 1. The maximum atomic E-state index is 9.31. The quantitative estimate of drug-likeness (QED) is 0.783. The number of hydrogen-bond donors (Lipinski definition) is 1. The minimum Gasteiger partial charge on any atom is -0.380 e. The van der Waals surface area contributed by atoms with E-state index in [4.69, 9.17) is 4.74 Å². The first-order chi connectivity index (χ1) is 8.49. The molecule has 1 N–H and O–H groups in total. The first kappa shape index (κ1) is 15.4. The van der Waals surface area contributed by atoms with Crippen molar-refractivity contribution in [3.63, 3.8) is 0 Å². The standard InChI is InChI=1S/C14H27N3O/c1-12(2)16-14(3,11-15)7-9-17-8-5-6-13(10-17)18-4/h12-13,16H,5-10H2,1-4H3. The molecule has 0 aromatic rings. The average Bonchev–Trinajstić information content (AvgIpc) is 2.36. The van der Waals surface area contributed by atoms with Crippen LogP contribution in [0.4, 0.5) is 0 Å². The van der Waals surface area contributed by atoms with Crippen LogP contribution in [0, 0.1) is 11.3 Å². The molecule has 0 amide bonds. The van der Waals surface area contributed by atoms with Gasteiger partial charge in [0, 0.05) is 26.2 Å². The molecule has 4 nitrogen and oxygen atoms in total. The van der Waals surface area contributed by atoms with Crippen LogP contribution in [-0.2, 0) is 4.74 Å². The van der Waals surface area contributed by atoms with E-state index in [2.05, 4.69) is 30.1 Å². The molecular weight excluding hydrogens is 226 g/mol. The molecule has 0 saturated carbocycles. The van der Waals surface area contributed by atoms with E-state index in [0.717, 1.165) is 32.5 Å². The van der Waals surface area contributed by atoms with Gasteiger partial charge in [-0.2, -0.15) is 5.26 Å². The van der Waals surface area contributed by atoms with Gasteiger partial charge >= 0.3 is 0 Å². The Labute approximate surface area is 111 Å². The Morgan fingerprint density at radius 1 is 1.56 bits per heavy atom. The summed E-state index contributed by atoms with van der Waals surface area (Å²) in [7, 11) is 1.79. The number of nitrogens with one attached hydrogen (secondary N) is 1. The Bertz CT molecular complexity index is 287. The van der Waals surface area contributed by atoms with Crippen LogP contribution >= 0.6 is 0 Å². The van der Waals surface area contributed by atoms with E-state index in [1.807, 2.05) is 6.92 Å². The Hall–Kier alpha value is -0.630. The molecule has 0 aromatic carbocycles. The summed E-state index contributed by atoms with van der Waals surface area (Å²) in [4.78, 5) is 2.41. The molecule has 2 atom stereocenters. The van der Waals surface area contributed by atoms with Crippen molar-refractivity contribution in [1.29, 1.82) is 5.26 Å². The fourth-order valence-electron chi connectivity index (χ4n) is 2.59. The normalized spacial score (nSPS) is 24.8. The second-order valence-corrected chi connectivity index (χ2v) is 5.79. The summed E-state index contributed by atoms with van der Waals surface area (Å²) in [5.41, 5.74) is -0.422. The Kier molecular flexibility index (Phi) is 6.07. The molecule has 1 rings (SSSR count). The van der Waals surface area contributed by atoms with Crippen molar-refractivity contribution >= 4 is 0 Å². The largest absolute Gasteiger partial charge is 0.380 e. The number of likely N-dealkylation sites (tertiary alicyclic amines) is 1. The summed E-state index contributed by atoms with van der Waals surface area (Å²) < 4.78 is 5.42. The smallest absolute Gasteiger partial charge is 0.105 e. The topological polar surface area (TPSA) is 48.3 Å². The number of nitriles is 1. The van der Waals surface area contributed by atoms with Gasteiger partial charge in [0.15, 0.2) is 0 Å². The van der Waals surface area contributed by atoms with E-state index in [-0.39, 0.29) is 0 Å². The van der Waals surface area contributed by atoms with Crippen molar-refractivity contribution in [3.05, 3.63) is 0 Å². The third-order valence-electron chi connectivity index (χ3n) is 3.58. The summed E-state index contributed by atoms with van der Waals surface area (Å²) in [6, 6.07) is 2.74. The molecule has 1 aliphatic heterocycles. The number of hydrogen-bond acceptors (Lipinski definition) is 4. The van der Waals surface area contributed by atoms with Gasteiger partial charge in [-0.25, -0.2) is 0 Å². The molecule has 0 radical (unpaired) electrons. The number of ether oxygens (including phenoxy) is 1. The lowest BCUT2D eigenvalue weighted by Crippen LogP contribution is -2.48. The fourth-order valence-corrected chi connectivity index (χ4v) is 2.59. The maximum absolute atomic E-state index is 9.31. The molecular formula is C14H27N3O. The zero-order valence-corrected chi connectivity index (χ0v) is 12.2. The predicted molar refractivity (Wildman–Crippen MR) is 73.4 cm³/mol. The van der Waals surface area contributed by atoms with E-state index in [1.165, 1.54) is 6.42 Å². The van der Waals surface area contributed by atoms with Crippen molar-refractivity contribution in [2.45, 2.75) is 57.7 Å². The van der Waals surface area contributed by atoms with Crippen LogP contribution in [0.1, 0.15) is 40.0 Å². The minimum atomic E-state index is -0.422. The van der Waals surface area contributed by atoms with Crippen molar-refractivity contribution < 1.29 is 4.74 Å². The molecule has 1 heterocycles. The van der Waals surface area contributed by atoms with Crippen molar-refractivity contribution in [1.82, 2.24) is 10.2 Å². The molecule has 1 fully saturated rings. The van der Waals surface area contributed by atoms with E-state index in [0.29, 0.717) is 12.1 Å². The van der Waals surface area contributed by atoms with Crippen LogP contribution in [0.3, 0.4) is 0 Å². The third-order valence-corrected chi connectivity index (χ3v) is 3.58. The molecule has 0 aliphatic carbocycles. The van der Waals surface area contributed by atoms with Gasteiger partial charge in [0.1, 0.15) is 5.54 Å². The van der Waals surface area contributed by atoms with Crippen LogP contribution in [0.5, 0.6) is 0 Å². The fraction of sp³-hybridized carbons (Fsp3) is 0.929. The van der Waals surface area contributed by atoms with Crippen LogP contribution in [0.2, 0.25) is 0 Å². The van der Waals surface area contributed by atoms with Crippen molar-refractivity contribution in [2.75, 3.05) is 26.7 Å². The lowest BCUT2D eigenvalue weighted by atomic mass is 9.97. The van der Waals surface area contributed by atoms with Crippen molar-refractivity contribution in [3.8, 4) is 6.07 Å². The first-order valence-electron chi connectivity index (χ1n) is 6.93. The summed E-state index contributed by atoms with van der Waals surface area (Å²) in [5.74, 6) is 0. The second-order valence-electron chi connectivity index (χ2n) is 5.79. The Balaban J connectivity index is 2.40. The number of rotatable bonds is 6. The maximum Gasteiger partial charge on any atom is 0.105 e. The average molecular weight is 253 g/mol. The Morgan fingerprint density at radius 2 is 2.28 bits per heavy atom. The zero-order chi connectivity index (χ0) is 13.6. The minimum absolute atomic E-state index is 0.336. The molecule has 0 spiro atoms. The van der Waals surface area contributed by atoms with E-state index >= 15 is 0 Å². The van der Waals surface area contributed by atoms with Crippen LogP contribution in [0.15, 0.2) is 0 Å². The van der Waals surface area contributed by atoms with Crippen LogP contribution in [-0.4, -0.2) is 49.3 Å². The summed E-state index contributed by atoms with van der Waals surface area (Å²) >= 11 is 0. The SMILES string of the molecule is COC1CCCN(CCC(C)(C#N)NC(C)C)C1. The second kappa shape index (κ2) is 7.08. The zero-order valence-electron chi connectivity index (χ0n) is 12.2. The van der Waals surface area contributed by atoms with Gasteiger partial charge in [0.05, 0.1) is 12.2 Å². The molecule has 0 aromatic heterocycles. The van der Waals surface area contributed by atoms with Gasteiger partial charge in [-0.15, -0.1) is 0 Å². The van der Waals surface area contributed by atoms with Gasteiger partial charge in [-0.3, -0.25) is 5.32 Å². The number of nitrogens with zero attached hydrogens (tertiary/aromatic N) is 2. The van der Waals surface area contributed by atoms with E-state index in [1.54, 1.807) is 7.11 Å². The summed E-state index contributed by atoms with van der Waals surface area (Å²) in [5, 5.41) is 12.7. The van der Waals surface area contributed by atoms with Gasteiger partial charge in [0.2, 0.25) is 0 Å². The van der Waals surface area contributed by atoms with Crippen LogP contribution < -0.4 is 5.32 Å². The highest BCUT2D eigenvalue weighted by Gasteiger charge is 2.26. The van der Waals surface area contributed by atoms with Gasteiger partial charge in [-0.1, -0.05) is 0 Å². The molecule has 2 unspecified atom stereocenters. The molecule has 104 valence electrons. The molecule has 18 heavy (non-hydrogen) atoms. The monoisotopic (exact) mass is 253 g/mol. The molecule has 1 saturated heterocycles. The third kappa shape index (κ3) is 4.93. The molecule has 0 bridgehead atoms. The number of piperidine rings is 1. The predicted octanol–water partition coefficient (Wildman–Crippen LogP) is 1.77. The van der Waals surface area contributed by atoms with Gasteiger partial charge in [0.25, 0.3) is 0 Å². The van der Waals surface area contributed by atoms with Crippen molar-refractivity contribution in [2.24, 2.45) is 0 Å². The van der Waals surface area contributed by atoms with Gasteiger partial charge < -0.3 is 9.64 Å². The van der Waals surface area contributed by atoms with Gasteiger partial charge in [-0.05, 0) is 46.6 Å². The Morgan fingerprint density at radius 3 is 2.83 bits per heavy atom.